The van der Waals surface area contributed by atoms with Crippen molar-refractivity contribution in [2.45, 2.75) is 18.9 Å². The topological polar surface area (TPSA) is 112 Å². The van der Waals surface area contributed by atoms with Gasteiger partial charge in [0.25, 0.3) is 0 Å². The van der Waals surface area contributed by atoms with Crippen LogP contribution in [0.3, 0.4) is 0 Å². The van der Waals surface area contributed by atoms with Gasteiger partial charge in [-0.2, -0.15) is 15.1 Å². The third-order valence-electron chi connectivity index (χ3n) is 8.28. The molecule has 0 saturated carbocycles. The molecule has 3 aromatic rings. The molecule has 3 aliphatic heterocycles. The number of aromatic nitrogens is 4. The number of hydroxylamine groups is 1. The highest BCUT2D eigenvalue weighted by Gasteiger charge is 2.30. The number of carbonyl (C=O) groups is 2. The Morgan fingerprint density at radius 3 is 2.32 bits per heavy atom. The van der Waals surface area contributed by atoms with Crippen LogP contribution < -0.4 is 9.96 Å². The summed E-state index contributed by atoms with van der Waals surface area (Å²) in [5, 5.41) is 6.84. The highest BCUT2D eigenvalue weighted by molar-refractivity contribution is 5.91. The first-order valence-electron chi connectivity index (χ1n) is 14.2. The van der Waals surface area contributed by atoms with E-state index in [4.69, 9.17) is 24.6 Å². The van der Waals surface area contributed by atoms with Gasteiger partial charge in [0.15, 0.2) is 5.65 Å². The number of piperidine rings is 1. The molecular weight excluding hydrogens is 526 g/mol. The van der Waals surface area contributed by atoms with Gasteiger partial charge in [0.1, 0.15) is 0 Å². The Balaban J connectivity index is 1.27. The first-order valence-corrected chi connectivity index (χ1v) is 14.2. The maximum atomic E-state index is 13.1. The molecule has 41 heavy (non-hydrogen) atoms. The minimum absolute atomic E-state index is 0.134. The quantitative estimate of drug-likeness (QED) is 0.328. The van der Waals surface area contributed by atoms with E-state index >= 15 is 0 Å². The number of hydrogen-bond acceptors (Lipinski definition) is 9. The Kier molecular flexibility index (Phi) is 7.99. The molecule has 0 unspecified atom stereocenters. The molecule has 3 fully saturated rings. The van der Waals surface area contributed by atoms with Gasteiger partial charge < -0.3 is 24.3 Å². The average molecular weight is 564 g/mol. The van der Waals surface area contributed by atoms with Crippen molar-refractivity contribution in [2.24, 2.45) is 0 Å². The molecule has 0 radical (unpaired) electrons. The second kappa shape index (κ2) is 12.0. The van der Waals surface area contributed by atoms with Gasteiger partial charge in [-0.1, -0.05) is 12.1 Å². The fourth-order valence-electron chi connectivity index (χ4n) is 5.78. The largest absolute Gasteiger partial charge is 0.378 e. The van der Waals surface area contributed by atoms with Gasteiger partial charge in [-0.3, -0.25) is 9.63 Å². The van der Waals surface area contributed by atoms with E-state index in [0.29, 0.717) is 57.4 Å². The number of amides is 3. The molecule has 6 rings (SSSR count). The van der Waals surface area contributed by atoms with Crippen LogP contribution in [0.15, 0.2) is 30.5 Å². The van der Waals surface area contributed by atoms with E-state index < -0.39 is 0 Å². The van der Waals surface area contributed by atoms with E-state index in [9.17, 15) is 9.59 Å². The summed E-state index contributed by atoms with van der Waals surface area (Å²) in [6, 6.07) is 7.78. The summed E-state index contributed by atoms with van der Waals surface area (Å²) in [5.41, 5.74) is 3.09. The molecule has 0 aliphatic carbocycles. The number of fused-ring (bicyclic) bond motifs is 1. The van der Waals surface area contributed by atoms with E-state index in [1.165, 1.54) is 7.11 Å². The smallest absolute Gasteiger partial charge is 0.320 e. The number of morpholine rings is 1. The monoisotopic (exact) mass is 563 g/mol. The molecule has 0 spiro atoms. The summed E-state index contributed by atoms with van der Waals surface area (Å²) in [6.07, 6.45) is 4.10. The van der Waals surface area contributed by atoms with Crippen LogP contribution in [-0.4, -0.2) is 127 Å². The van der Waals surface area contributed by atoms with Crippen LogP contribution in [0.4, 0.5) is 16.4 Å². The Labute approximate surface area is 239 Å². The van der Waals surface area contributed by atoms with E-state index in [1.807, 2.05) is 44.9 Å². The zero-order chi connectivity index (χ0) is 28.3. The van der Waals surface area contributed by atoms with Crippen LogP contribution >= 0.6 is 0 Å². The van der Waals surface area contributed by atoms with E-state index in [0.717, 1.165) is 66.4 Å². The summed E-state index contributed by atoms with van der Waals surface area (Å²) in [4.78, 5) is 47.9. The van der Waals surface area contributed by atoms with Crippen LogP contribution in [0.25, 0.3) is 22.3 Å². The van der Waals surface area contributed by atoms with Gasteiger partial charge in [0.2, 0.25) is 12.4 Å². The molecule has 13 heteroatoms. The fourth-order valence-corrected chi connectivity index (χ4v) is 5.78. The van der Waals surface area contributed by atoms with Gasteiger partial charge in [-0.05, 0) is 32.0 Å². The SMILES string of the molecule is CON(C=O)c1ccc(-c2nc(N3CCOCC3)nc3c2cnn3C2CCN(C(=O)N3CCN(C)CC3)CC2)cc1. The normalized spacial score (nSPS) is 19.1. The molecule has 2 aromatic heterocycles. The van der Waals surface area contributed by atoms with E-state index in [1.54, 1.807) is 0 Å². The molecule has 13 nitrogen and oxygen atoms in total. The lowest BCUT2D eigenvalue weighted by Gasteiger charge is -2.39. The van der Waals surface area contributed by atoms with Crippen LogP contribution in [0, 0.1) is 0 Å². The van der Waals surface area contributed by atoms with Crippen molar-refractivity contribution in [3.8, 4) is 11.3 Å². The number of likely N-dealkylation sites (tertiary alicyclic amines) is 1. The lowest BCUT2D eigenvalue weighted by Crippen LogP contribution is -2.53. The van der Waals surface area contributed by atoms with Crippen LogP contribution in [0.1, 0.15) is 18.9 Å². The summed E-state index contributed by atoms with van der Waals surface area (Å²) < 4.78 is 7.59. The first kappa shape index (κ1) is 27.4. The molecule has 5 heterocycles. The van der Waals surface area contributed by atoms with Crippen molar-refractivity contribution >= 4 is 35.1 Å². The maximum absolute atomic E-state index is 13.1. The second-order valence-corrected chi connectivity index (χ2v) is 10.7. The highest BCUT2D eigenvalue weighted by Crippen LogP contribution is 2.33. The number of nitrogens with zero attached hydrogens (tertiary/aromatic N) is 9. The molecule has 3 amide bonds. The van der Waals surface area contributed by atoms with Gasteiger partial charge in [-0.15, -0.1) is 0 Å². The molecule has 0 atom stereocenters. The number of hydrogen-bond donors (Lipinski definition) is 0. The maximum Gasteiger partial charge on any atom is 0.320 e. The third kappa shape index (κ3) is 5.56. The summed E-state index contributed by atoms with van der Waals surface area (Å²) in [7, 11) is 3.55. The zero-order valence-electron chi connectivity index (χ0n) is 23.7. The number of benzene rings is 1. The minimum atomic E-state index is 0.134. The molecule has 218 valence electrons. The van der Waals surface area contributed by atoms with Gasteiger partial charge in [0, 0.05) is 57.9 Å². The van der Waals surface area contributed by atoms with Crippen molar-refractivity contribution in [3.05, 3.63) is 30.5 Å². The number of ether oxygens (including phenoxy) is 1. The van der Waals surface area contributed by atoms with E-state index in [-0.39, 0.29) is 12.1 Å². The fraction of sp³-hybridized carbons (Fsp3) is 0.536. The van der Waals surface area contributed by atoms with Crippen LogP contribution in [0.5, 0.6) is 0 Å². The van der Waals surface area contributed by atoms with Crippen molar-refractivity contribution < 1.29 is 19.2 Å². The van der Waals surface area contributed by atoms with E-state index in [2.05, 4.69) is 16.8 Å². The summed E-state index contributed by atoms with van der Waals surface area (Å²) >= 11 is 0. The number of piperazine rings is 1. The van der Waals surface area contributed by atoms with Crippen molar-refractivity contribution in [1.82, 2.24) is 34.4 Å². The van der Waals surface area contributed by atoms with Gasteiger partial charge in [0.05, 0.1) is 49.3 Å². The van der Waals surface area contributed by atoms with Gasteiger partial charge in [-0.25, -0.2) is 14.5 Å². The number of carbonyl (C=O) groups excluding carboxylic acids is 2. The number of urea groups is 1. The number of rotatable bonds is 6. The van der Waals surface area contributed by atoms with Crippen molar-refractivity contribution in [2.75, 3.05) is 89.7 Å². The lowest BCUT2D eigenvalue weighted by molar-refractivity contribution is -0.112. The first-order chi connectivity index (χ1) is 20.1. The lowest BCUT2D eigenvalue weighted by atomic mass is 10.1. The second-order valence-electron chi connectivity index (χ2n) is 10.7. The predicted octanol–water partition coefficient (Wildman–Crippen LogP) is 1.86. The predicted molar refractivity (Wildman–Crippen MR) is 154 cm³/mol. The van der Waals surface area contributed by atoms with Crippen molar-refractivity contribution in [3.63, 3.8) is 0 Å². The Bertz CT molecular complexity index is 1360. The Morgan fingerprint density at radius 2 is 1.66 bits per heavy atom. The minimum Gasteiger partial charge on any atom is -0.378 e. The highest BCUT2D eigenvalue weighted by atomic mass is 16.7. The molecule has 0 bridgehead atoms. The molecule has 3 aliphatic rings. The summed E-state index contributed by atoms with van der Waals surface area (Å²) in [5.74, 6) is 0.649. The van der Waals surface area contributed by atoms with Crippen molar-refractivity contribution in [1.29, 1.82) is 0 Å². The van der Waals surface area contributed by atoms with Crippen LogP contribution in [0.2, 0.25) is 0 Å². The average Bonchev–Trinajstić information content (AvgIpc) is 3.46. The number of anilines is 2. The Hall–Kier alpha value is -3.81. The Morgan fingerprint density at radius 1 is 0.976 bits per heavy atom. The molecule has 0 N–H and O–H groups in total. The van der Waals surface area contributed by atoms with Gasteiger partial charge >= 0.3 is 6.03 Å². The number of likely N-dealkylation sites (N-methyl/N-ethyl adjacent to an activating group) is 1. The molecule has 3 saturated heterocycles. The molecule has 1 aromatic carbocycles. The zero-order valence-corrected chi connectivity index (χ0v) is 23.7. The third-order valence-corrected chi connectivity index (χ3v) is 8.28. The standard InChI is InChI=1S/C28H37N9O4/c1-32-11-13-35(14-12-32)28(39)34-9-7-23(8-10-34)37-26-24(19-29-37)25(30-27(31-26)33-15-17-41-18-16-33)21-3-5-22(6-4-21)36(20-38)40-2/h3-6,19-20,23H,7-18H2,1-2H3. The van der Waals surface area contributed by atoms with Crippen LogP contribution in [-0.2, 0) is 14.4 Å². The summed E-state index contributed by atoms with van der Waals surface area (Å²) in [6.45, 7) is 7.47. The molecular formula is C28H37N9O4.